The minimum absolute atomic E-state index is 0.0334. The average Bonchev–Trinajstić information content (AvgIpc) is 3.24. The Morgan fingerprint density at radius 2 is 1.83 bits per heavy atom. The Morgan fingerprint density at radius 3 is 2.54 bits per heavy atom. The van der Waals surface area contributed by atoms with Crippen LogP contribution in [0, 0.1) is 5.92 Å². The average molecular weight is 504 g/mol. The first-order valence-corrected chi connectivity index (χ1v) is 12.7. The van der Waals surface area contributed by atoms with E-state index in [-0.39, 0.29) is 30.7 Å². The number of rotatable bonds is 4. The van der Waals surface area contributed by atoms with Crippen LogP contribution in [0.4, 0.5) is 18.9 Å². The molecule has 1 atom stereocenters. The maximum atomic E-state index is 13.5. The van der Waals surface area contributed by atoms with Crippen molar-refractivity contribution in [1.29, 1.82) is 0 Å². The number of carbonyl (C=O) groups is 1. The van der Waals surface area contributed by atoms with Gasteiger partial charge in [-0.2, -0.15) is 13.2 Å². The summed E-state index contributed by atoms with van der Waals surface area (Å²) in [5.41, 5.74) is 3.43. The van der Waals surface area contributed by atoms with Crippen LogP contribution in [-0.2, 0) is 0 Å². The standard InChI is InChI=1S/C26H28F3N3O2S/c1-32(2)22-21-23(17(11-13-30-21)15-7-9-16(10-8-15)26(27,28)29)35-24(22)25(33)31-19-12-14-34-20-6-4-3-5-18(19)20/h3-6,11,13,15-16,19H,7-10,12,14H2,1-2H3,(H,31,33)/t15-,16-,19-/m0/s1. The van der Waals surface area contributed by atoms with Crippen molar-refractivity contribution in [3.05, 3.63) is 52.5 Å². The summed E-state index contributed by atoms with van der Waals surface area (Å²) in [5, 5.41) is 3.18. The molecule has 0 radical (unpaired) electrons. The Kier molecular flexibility index (Phi) is 6.38. The van der Waals surface area contributed by atoms with Crippen molar-refractivity contribution in [3.63, 3.8) is 0 Å². The molecular weight excluding hydrogens is 475 g/mol. The molecule has 1 amide bonds. The fourth-order valence-corrected chi connectivity index (χ4v) is 6.67. The molecule has 2 aromatic heterocycles. The van der Waals surface area contributed by atoms with E-state index in [1.165, 1.54) is 11.3 Å². The first kappa shape index (κ1) is 23.9. The van der Waals surface area contributed by atoms with Crippen molar-refractivity contribution in [3.8, 4) is 5.75 Å². The lowest BCUT2D eigenvalue weighted by atomic mass is 9.78. The van der Waals surface area contributed by atoms with Gasteiger partial charge in [-0.15, -0.1) is 11.3 Å². The highest BCUT2D eigenvalue weighted by Crippen LogP contribution is 2.47. The van der Waals surface area contributed by atoms with Gasteiger partial charge < -0.3 is 15.0 Å². The van der Waals surface area contributed by atoms with Gasteiger partial charge in [-0.25, -0.2) is 0 Å². The minimum atomic E-state index is -4.13. The predicted molar refractivity (Wildman–Crippen MR) is 131 cm³/mol. The quantitative estimate of drug-likeness (QED) is 0.445. The van der Waals surface area contributed by atoms with E-state index in [0.29, 0.717) is 30.7 Å². The number of carbonyl (C=O) groups excluding carboxylic acids is 1. The lowest BCUT2D eigenvalue weighted by molar-refractivity contribution is -0.182. The lowest BCUT2D eigenvalue weighted by Gasteiger charge is -2.30. The van der Waals surface area contributed by atoms with E-state index >= 15 is 0 Å². The van der Waals surface area contributed by atoms with Gasteiger partial charge >= 0.3 is 6.18 Å². The van der Waals surface area contributed by atoms with Crippen LogP contribution in [0.3, 0.4) is 0 Å². The number of hydrogen-bond acceptors (Lipinski definition) is 5. The van der Waals surface area contributed by atoms with Gasteiger partial charge in [0.05, 0.1) is 29.0 Å². The van der Waals surface area contributed by atoms with E-state index in [9.17, 15) is 18.0 Å². The summed E-state index contributed by atoms with van der Waals surface area (Å²) in [4.78, 5) is 20.6. The molecule has 0 spiro atoms. The molecule has 1 fully saturated rings. The lowest BCUT2D eigenvalue weighted by Crippen LogP contribution is -2.32. The summed E-state index contributed by atoms with van der Waals surface area (Å²) in [7, 11) is 3.76. The number of pyridine rings is 1. The SMILES string of the molecule is CN(C)c1c(C(=O)N[C@H]2CCOc3ccccc32)sc2c1nccc2[C@H]1CC[C@H](C(F)(F)F)CC1. The first-order chi connectivity index (χ1) is 16.7. The minimum Gasteiger partial charge on any atom is -0.493 e. The number of para-hydroxylation sites is 1. The summed E-state index contributed by atoms with van der Waals surface area (Å²) in [6, 6.07) is 9.47. The number of benzene rings is 1. The number of alkyl halides is 3. The van der Waals surface area contributed by atoms with Crippen LogP contribution in [0.25, 0.3) is 10.2 Å². The molecule has 1 aliphatic carbocycles. The zero-order valence-electron chi connectivity index (χ0n) is 19.7. The van der Waals surface area contributed by atoms with Crippen molar-refractivity contribution in [2.45, 2.75) is 50.2 Å². The summed E-state index contributed by atoms with van der Waals surface area (Å²) < 4.78 is 46.1. The highest BCUT2D eigenvalue weighted by Gasteiger charge is 2.42. The number of aromatic nitrogens is 1. The molecule has 1 aliphatic heterocycles. The van der Waals surface area contributed by atoms with Gasteiger partial charge in [0, 0.05) is 32.3 Å². The van der Waals surface area contributed by atoms with Gasteiger partial charge in [-0.1, -0.05) is 18.2 Å². The van der Waals surface area contributed by atoms with E-state index in [1.807, 2.05) is 49.3 Å². The van der Waals surface area contributed by atoms with Crippen molar-refractivity contribution in [1.82, 2.24) is 10.3 Å². The molecule has 0 bridgehead atoms. The number of amides is 1. The van der Waals surface area contributed by atoms with Gasteiger partial charge in [-0.05, 0) is 49.3 Å². The number of thiophene rings is 1. The fourth-order valence-electron chi connectivity index (χ4n) is 5.33. The molecule has 1 aromatic carbocycles. The number of halogens is 3. The molecule has 0 saturated heterocycles. The van der Waals surface area contributed by atoms with E-state index in [4.69, 9.17) is 4.74 Å². The first-order valence-electron chi connectivity index (χ1n) is 11.9. The normalized spacial score (nSPS) is 22.4. The summed E-state index contributed by atoms with van der Waals surface area (Å²) in [6.45, 7) is 0.529. The van der Waals surface area contributed by atoms with Crippen LogP contribution in [0.1, 0.15) is 64.9 Å². The maximum Gasteiger partial charge on any atom is 0.391 e. The van der Waals surface area contributed by atoms with Crippen molar-refractivity contribution < 1.29 is 22.7 Å². The molecule has 3 heterocycles. The van der Waals surface area contributed by atoms with Gasteiger partial charge in [0.25, 0.3) is 5.91 Å². The van der Waals surface area contributed by atoms with Crippen molar-refractivity contribution >= 4 is 33.1 Å². The molecule has 2 aliphatic rings. The van der Waals surface area contributed by atoms with Crippen LogP contribution in [-0.4, -0.2) is 37.8 Å². The molecular formula is C26H28F3N3O2S. The van der Waals surface area contributed by atoms with Crippen molar-refractivity contribution in [2.75, 3.05) is 25.6 Å². The van der Waals surface area contributed by atoms with Crippen molar-refractivity contribution in [2.24, 2.45) is 5.92 Å². The van der Waals surface area contributed by atoms with Crippen LogP contribution in [0.2, 0.25) is 0 Å². The fraction of sp³-hybridized carbons (Fsp3) is 0.462. The number of fused-ring (bicyclic) bond motifs is 2. The van der Waals surface area contributed by atoms with E-state index in [1.54, 1.807) is 6.20 Å². The van der Waals surface area contributed by atoms with E-state index in [0.717, 1.165) is 32.8 Å². The number of nitrogens with zero attached hydrogens (tertiary/aromatic N) is 2. The number of ether oxygens (including phenoxy) is 1. The predicted octanol–water partition coefficient (Wildman–Crippen LogP) is 6.45. The number of nitrogens with one attached hydrogen (secondary N) is 1. The molecule has 5 rings (SSSR count). The van der Waals surface area contributed by atoms with Gasteiger partial charge in [0.1, 0.15) is 16.1 Å². The van der Waals surface area contributed by atoms with Crippen LogP contribution >= 0.6 is 11.3 Å². The Labute approximate surface area is 206 Å². The number of hydrogen-bond donors (Lipinski definition) is 1. The monoisotopic (exact) mass is 503 g/mol. The second-order valence-corrected chi connectivity index (χ2v) is 10.6. The third-order valence-corrected chi connectivity index (χ3v) is 8.34. The second kappa shape index (κ2) is 9.33. The van der Waals surface area contributed by atoms with Crippen LogP contribution in [0.15, 0.2) is 36.5 Å². The van der Waals surface area contributed by atoms with Crippen LogP contribution in [0.5, 0.6) is 5.75 Å². The summed E-state index contributed by atoms with van der Waals surface area (Å²) in [6.07, 6.45) is -0.493. The maximum absolute atomic E-state index is 13.5. The van der Waals surface area contributed by atoms with Gasteiger partial charge in [-0.3, -0.25) is 9.78 Å². The third kappa shape index (κ3) is 4.58. The Bertz CT molecular complexity index is 1230. The molecule has 3 aromatic rings. The van der Waals surface area contributed by atoms with Gasteiger partial charge in [0.2, 0.25) is 0 Å². The topological polar surface area (TPSA) is 54.5 Å². The molecule has 186 valence electrons. The third-order valence-electron chi connectivity index (χ3n) is 7.13. The zero-order chi connectivity index (χ0) is 24.7. The zero-order valence-corrected chi connectivity index (χ0v) is 20.5. The molecule has 1 N–H and O–H groups in total. The molecule has 0 unspecified atom stereocenters. The summed E-state index contributed by atoms with van der Waals surface area (Å²) >= 11 is 1.39. The molecule has 1 saturated carbocycles. The highest BCUT2D eigenvalue weighted by atomic mass is 32.1. The second-order valence-electron chi connectivity index (χ2n) is 9.54. The Morgan fingerprint density at radius 1 is 1.09 bits per heavy atom. The van der Waals surface area contributed by atoms with E-state index in [2.05, 4.69) is 10.3 Å². The molecule has 9 heteroatoms. The Hall–Kier alpha value is -2.81. The number of anilines is 1. The van der Waals surface area contributed by atoms with Gasteiger partial charge in [0.15, 0.2) is 0 Å². The molecule has 35 heavy (non-hydrogen) atoms. The van der Waals surface area contributed by atoms with Crippen LogP contribution < -0.4 is 15.0 Å². The summed E-state index contributed by atoms with van der Waals surface area (Å²) in [5.74, 6) is -0.580. The smallest absolute Gasteiger partial charge is 0.391 e. The van der Waals surface area contributed by atoms with E-state index < -0.39 is 12.1 Å². The Balaban J connectivity index is 1.46. The molecule has 5 nitrogen and oxygen atoms in total. The highest BCUT2D eigenvalue weighted by molar-refractivity contribution is 7.21. The largest absolute Gasteiger partial charge is 0.493 e.